The van der Waals surface area contributed by atoms with Crippen LogP contribution in [0.3, 0.4) is 0 Å². The Bertz CT molecular complexity index is 1550. The van der Waals surface area contributed by atoms with Crippen LogP contribution in [0, 0.1) is 0 Å². The van der Waals surface area contributed by atoms with E-state index in [0.717, 1.165) is 32.8 Å². The number of nitrogens with zero attached hydrogens (tertiary/aromatic N) is 1. The van der Waals surface area contributed by atoms with Crippen LogP contribution in [0.15, 0.2) is 48.7 Å². The Labute approximate surface area is 252 Å². The van der Waals surface area contributed by atoms with Crippen molar-refractivity contribution in [3.05, 3.63) is 70.4 Å². The molecule has 1 saturated heterocycles. The van der Waals surface area contributed by atoms with Gasteiger partial charge in [0, 0.05) is 50.4 Å². The fourth-order valence-corrected chi connectivity index (χ4v) is 5.40. The predicted octanol–water partition coefficient (Wildman–Crippen LogP) is 4.34. The van der Waals surface area contributed by atoms with Gasteiger partial charge in [0.25, 0.3) is 0 Å². The van der Waals surface area contributed by atoms with Gasteiger partial charge in [-0.3, -0.25) is 24.0 Å². The summed E-state index contributed by atoms with van der Waals surface area (Å²) in [6.07, 6.45) is -4.12. The minimum atomic E-state index is -1.37. The average Bonchev–Trinajstić information content (AvgIpc) is 3.34. The summed E-state index contributed by atoms with van der Waals surface area (Å²) in [4.78, 5) is 62.2. The Morgan fingerprint density at radius 3 is 2.00 bits per heavy atom. The van der Waals surface area contributed by atoms with Crippen LogP contribution < -0.4 is 0 Å². The third-order valence-corrected chi connectivity index (χ3v) is 7.23. The molecule has 0 aliphatic carbocycles. The van der Waals surface area contributed by atoms with E-state index in [1.165, 1.54) is 13.1 Å². The first-order valence-corrected chi connectivity index (χ1v) is 14.0. The van der Waals surface area contributed by atoms with E-state index >= 15 is 0 Å². The van der Waals surface area contributed by atoms with Gasteiger partial charge >= 0.3 is 23.9 Å². The fourth-order valence-electron chi connectivity index (χ4n) is 5.13. The lowest BCUT2D eigenvalue weighted by Crippen LogP contribution is -2.60. The molecule has 1 aromatic heterocycles. The second-order valence-electron chi connectivity index (χ2n) is 10.1. The number of halogens is 1. The van der Waals surface area contributed by atoms with Gasteiger partial charge in [-0.15, -0.1) is 0 Å². The fraction of sp³-hybridized carbons (Fsp3) is 0.387. The standard InChI is InChI=1S/C31H32ClNO10/c1-6-20-10-12-21(13-11-20)27(38)22-14-33(24-9-7-8-23(32)26(22)24)31-30(42-19(5)37)29(41-18(4)36)28(40-17(3)35)25(43-31)15-39-16(2)34/h7-14,25,28-31H,6,15H2,1-5H3/t25-,28-,29+,30-,31-/m1/s1. The maximum absolute atomic E-state index is 13.8. The molecule has 2 heterocycles. The molecule has 11 nitrogen and oxygen atoms in total. The number of aromatic nitrogens is 1. The minimum absolute atomic E-state index is 0.248. The number of ketones is 1. The van der Waals surface area contributed by atoms with Gasteiger partial charge in [0.1, 0.15) is 12.7 Å². The van der Waals surface area contributed by atoms with Crippen molar-refractivity contribution in [2.75, 3.05) is 6.61 Å². The smallest absolute Gasteiger partial charge is 0.303 e. The van der Waals surface area contributed by atoms with Crippen LogP contribution in [0.2, 0.25) is 5.02 Å². The van der Waals surface area contributed by atoms with Gasteiger partial charge in [-0.1, -0.05) is 48.9 Å². The highest BCUT2D eigenvalue weighted by Gasteiger charge is 2.53. The quantitative estimate of drug-likeness (QED) is 0.195. The molecule has 228 valence electrons. The van der Waals surface area contributed by atoms with E-state index in [4.69, 9.17) is 35.3 Å². The van der Waals surface area contributed by atoms with E-state index in [0.29, 0.717) is 16.5 Å². The molecule has 0 radical (unpaired) electrons. The highest BCUT2D eigenvalue weighted by Crippen LogP contribution is 2.39. The Morgan fingerprint density at radius 1 is 0.814 bits per heavy atom. The SMILES string of the molecule is CCc1ccc(C(=O)c2cn([C@@H]3O[C@H](COC(C)=O)[C@@H](OC(C)=O)[C@H](OC(C)=O)[C@H]3OC(C)=O)c3cccc(Cl)c23)cc1. The van der Waals surface area contributed by atoms with Crippen molar-refractivity contribution in [1.82, 2.24) is 4.57 Å². The summed E-state index contributed by atoms with van der Waals surface area (Å²) in [5.74, 6) is -3.17. The second kappa shape index (κ2) is 13.4. The number of rotatable bonds is 9. The number of carbonyl (C=O) groups excluding carboxylic acids is 5. The summed E-state index contributed by atoms with van der Waals surface area (Å²) >= 11 is 6.63. The van der Waals surface area contributed by atoms with Gasteiger partial charge in [0.15, 0.2) is 30.3 Å². The second-order valence-corrected chi connectivity index (χ2v) is 10.5. The molecule has 1 aliphatic rings. The molecule has 0 saturated carbocycles. The molecule has 1 aliphatic heterocycles. The van der Waals surface area contributed by atoms with Crippen LogP contribution in [0.5, 0.6) is 0 Å². The van der Waals surface area contributed by atoms with E-state index in [-0.39, 0.29) is 23.0 Å². The summed E-state index contributed by atoms with van der Waals surface area (Å²) in [7, 11) is 0. The normalized spacial score (nSPS) is 21.6. The topological polar surface area (TPSA) is 136 Å². The van der Waals surface area contributed by atoms with E-state index in [2.05, 4.69) is 0 Å². The Balaban J connectivity index is 1.90. The average molecular weight is 614 g/mol. The summed E-state index contributed by atoms with van der Waals surface area (Å²) in [6.45, 7) is 6.27. The zero-order chi connectivity index (χ0) is 31.4. The lowest BCUT2D eigenvalue weighted by atomic mass is 9.97. The van der Waals surface area contributed by atoms with Gasteiger partial charge in [-0.2, -0.15) is 0 Å². The van der Waals surface area contributed by atoms with Crippen LogP contribution in [-0.4, -0.2) is 65.3 Å². The van der Waals surface area contributed by atoms with Crippen molar-refractivity contribution >= 4 is 52.2 Å². The molecule has 0 unspecified atom stereocenters. The van der Waals surface area contributed by atoms with E-state index in [1.807, 2.05) is 19.1 Å². The molecule has 0 amide bonds. The van der Waals surface area contributed by atoms with Crippen molar-refractivity contribution in [2.24, 2.45) is 0 Å². The summed E-state index contributed by atoms with van der Waals surface area (Å²) in [6, 6.07) is 12.2. The maximum atomic E-state index is 13.8. The van der Waals surface area contributed by atoms with Crippen molar-refractivity contribution in [3.8, 4) is 0 Å². The molecule has 0 bridgehead atoms. The van der Waals surface area contributed by atoms with E-state index in [1.54, 1.807) is 34.9 Å². The number of esters is 4. The Morgan fingerprint density at radius 2 is 1.42 bits per heavy atom. The van der Waals surface area contributed by atoms with E-state index < -0.39 is 54.5 Å². The number of ether oxygens (including phenoxy) is 5. The number of hydrogen-bond donors (Lipinski definition) is 0. The lowest BCUT2D eigenvalue weighted by molar-refractivity contribution is -0.267. The maximum Gasteiger partial charge on any atom is 0.303 e. The first kappa shape index (κ1) is 31.7. The molecule has 2 aromatic carbocycles. The van der Waals surface area contributed by atoms with Gasteiger partial charge in [0.05, 0.1) is 10.5 Å². The summed E-state index contributed by atoms with van der Waals surface area (Å²) in [5, 5.41) is 0.706. The molecule has 12 heteroatoms. The lowest BCUT2D eigenvalue weighted by Gasteiger charge is -2.44. The summed E-state index contributed by atoms with van der Waals surface area (Å²) < 4.78 is 29.7. The van der Waals surface area contributed by atoms with Gasteiger partial charge in [-0.05, 0) is 24.1 Å². The van der Waals surface area contributed by atoms with Gasteiger partial charge in [0.2, 0.25) is 0 Å². The van der Waals surface area contributed by atoms with Crippen LogP contribution in [-0.2, 0) is 49.3 Å². The number of fused-ring (bicyclic) bond motifs is 1. The number of hydrogen-bond acceptors (Lipinski definition) is 10. The minimum Gasteiger partial charge on any atom is -0.463 e. The highest BCUT2D eigenvalue weighted by atomic mass is 35.5. The predicted molar refractivity (Wildman–Crippen MR) is 153 cm³/mol. The third-order valence-electron chi connectivity index (χ3n) is 6.92. The third kappa shape index (κ3) is 7.06. The number of benzene rings is 2. The molecule has 3 aromatic rings. The Kier molecular flexibility index (Phi) is 9.87. The molecular weight excluding hydrogens is 582 g/mol. The molecule has 0 spiro atoms. The van der Waals surface area contributed by atoms with Crippen molar-refractivity contribution < 1.29 is 47.7 Å². The molecule has 0 N–H and O–H groups in total. The number of aryl methyl sites for hydroxylation is 1. The van der Waals surface area contributed by atoms with Crippen LogP contribution in [0.4, 0.5) is 0 Å². The van der Waals surface area contributed by atoms with Gasteiger partial charge in [-0.25, -0.2) is 0 Å². The highest BCUT2D eigenvalue weighted by molar-refractivity contribution is 6.37. The zero-order valence-corrected chi connectivity index (χ0v) is 25.1. The molecule has 1 fully saturated rings. The van der Waals surface area contributed by atoms with Crippen LogP contribution in [0.25, 0.3) is 10.9 Å². The van der Waals surface area contributed by atoms with Crippen LogP contribution >= 0.6 is 11.6 Å². The van der Waals surface area contributed by atoms with Crippen molar-refractivity contribution in [3.63, 3.8) is 0 Å². The molecule has 4 rings (SSSR count). The first-order valence-electron chi connectivity index (χ1n) is 13.6. The monoisotopic (exact) mass is 613 g/mol. The van der Waals surface area contributed by atoms with Crippen molar-refractivity contribution in [1.29, 1.82) is 0 Å². The zero-order valence-electron chi connectivity index (χ0n) is 24.3. The molecule has 5 atom stereocenters. The van der Waals surface area contributed by atoms with Crippen LogP contribution in [0.1, 0.15) is 62.3 Å². The van der Waals surface area contributed by atoms with Crippen molar-refractivity contribution in [2.45, 2.75) is 71.7 Å². The summed E-state index contributed by atoms with van der Waals surface area (Å²) in [5.41, 5.74) is 2.19. The van der Waals surface area contributed by atoms with E-state index in [9.17, 15) is 24.0 Å². The molecular formula is C31H32ClNO10. The first-order chi connectivity index (χ1) is 20.4. The largest absolute Gasteiger partial charge is 0.463 e. The number of carbonyl (C=O) groups is 5. The Hall–Kier alpha value is -4.22. The van der Waals surface area contributed by atoms with Gasteiger partial charge < -0.3 is 28.3 Å². The molecule has 43 heavy (non-hydrogen) atoms.